The molecule has 3 rings (SSSR count). The van der Waals surface area contributed by atoms with E-state index in [4.69, 9.17) is 5.73 Å². The third-order valence-corrected chi connectivity index (χ3v) is 5.27. The molecule has 104 valence electrons. The summed E-state index contributed by atoms with van der Waals surface area (Å²) >= 11 is 0. The smallest absolute Gasteiger partial charge is 0.0466 e. The van der Waals surface area contributed by atoms with E-state index in [1.165, 1.54) is 56.2 Å². The largest absolute Gasteiger partial charge is 0.326 e. The Morgan fingerprint density at radius 2 is 1.95 bits per heavy atom. The lowest BCUT2D eigenvalue weighted by atomic mass is 9.82. The van der Waals surface area contributed by atoms with Gasteiger partial charge in [-0.1, -0.05) is 37.1 Å². The first kappa shape index (κ1) is 13.1. The minimum atomic E-state index is 0.284. The highest BCUT2D eigenvalue weighted by Crippen LogP contribution is 2.47. The van der Waals surface area contributed by atoms with Gasteiger partial charge in [0.15, 0.2) is 0 Å². The van der Waals surface area contributed by atoms with Crippen molar-refractivity contribution in [1.29, 1.82) is 0 Å². The zero-order valence-corrected chi connectivity index (χ0v) is 12.1. The number of rotatable bonds is 3. The van der Waals surface area contributed by atoms with Crippen molar-refractivity contribution in [3.05, 3.63) is 35.4 Å². The molecule has 1 saturated heterocycles. The molecule has 2 nitrogen and oxygen atoms in total. The Kier molecular flexibility index (Phi) is 3.64. The molecule has 0 radical (unpaired) electrons. The molecular formula is C17H26N2. The number of hydrogen-bond donors (Lipinski definition) is 1. The Labute approximate surface area is 117 Å². The van der Waals surface area contributed by atoms with Crippen molar-refractivity contribution < 1.29 is 0 Å². The van der Waals surface area contributed by atoms with Gasteiger partial charge in [-0.3, -0.25) is 4.90 Å². The summed E-state index contributed by atoms with van der Waals surface area (Å²) in [7, 11) is 0. The Morgan fingerprint density at radius 3 is 2.58 bits per heavy atom. The van der Waals surface area contributed by atoms with Gasteiger partial charge in [0.25, 0.3) is 0 Å². The molecule has 1 atom stereocenters. The normalized spacial score (nSPS) is 26.9. The van der Waals surface area contributed by atoms with Crippen LogP contribution >= 0.6 is 0 Å². The van der Waals surface area contributed by atoms with E-state index in [2.05, 4.69) is 36.1 Å². The topological polar surface area (TPSA) is 29.3 Å². The van der Waals surface area contributed by atoms with Crippen molar-refractivity contribution in [1.82, 2.24) is 4.90 Å². The first-order valence-corrected chi connectivity index (χ1v) is 7.83. The fourth-order valence-electron chi connectivity index (χ4n) is 4.39. The number of benzene rings is 1. The maximum atomic E-state index is 5.99. The predicted molar refractivity (Wildman–Crippen MR) is 79.9 cm³/mol. The molecule has 1 aliphatic heterocycles. The maximum Gasteiger partial charge on any atom is 0.0466 e. The van der Waals surface area contributed by atoms with Crippen LogP contribution in [-0.2, 0) is 12.1 Å². The molecule has 1 saturated carbocycles. The molecule has 2 N–H and O–H groups in total. The van der Waals surface area contributed by atoms with Crippen LogP contribution in [0.5, 0.6) is 0 Å². The van der Waals surface area contributed by atoms with E-state index in [1.807, 2.05) is 0 Å². The number of likely N-dealkylation sites (tertiary alicyclic amines) is 1. The van der Waals surface area contributed by atoms with Gasteiger partial charge in [-0.25, -0.2) is 0 Å². The van der Waals surface area contributed by atoms with Gasteiger partial charge in [0.1, 0.15) is 0 Å². The van der Waals surface area contributed by atoms with E-state index in [-0.39, 0.29) is 5.54 Å². The van der Waals surface area contributed by atoms with Crippen molar-refractivity contribution in [3.8, 4) is 0 Å². The minimum absolute atomic E-state index is 0.284. The van der Waals surface area contributed by atoms with Crippen LogP contribution in [0.1, 0.15) is 56.6 Å². The monoisotopic (exact) mass is 258 g/mol. The fraction of sp³-hybridized carbons (Fsp3) is 0.647. The molecule has 1 aliphatic carbocycles. The van der Waals surface area contributed by atoms with E-state index in [9.17, 15) is 0 Å². The summed E-state index contributed by atoms with van der Waals surface area (Å²) in [5.74, 6) is 0. The van der Waals surface area contributed by atoms with Gasteiger partial charge in [0, 0.05) is 18.1 Å². The SMILES string of the molecule is CC1CCCN1C1(c2ccccc2CN)CCCC1. The van der Waals surface area contributed by atoms with Crippen LogP contribution in [-0.4, -0.2) is 17.5 Å². The van der Waals surface area contributed by atoms with E-state index in [1.54, 1.807) is 0 Å². The van der Waals surface area contributed by atoms with E-state index in [0.717, 1.165) is 6.04 Å². The van der Waals surface area contributed by atoms with E-state index >= 15 is 0 Å². The quantitative estimate of drug-likeness (QED) is 0.900. The molecular weight excluding hydrogens is 232 g/mol. The molecule has 2 aliphatic rings. The second-order valence-electron chi connectivity index (χ2n) is 6.28. The lowest BCUT2D eigenvalue weighted by molar-refractivity contribution is 0.0825. The average Bonchev–Trinajstić information content (AvgIpc) is 3.08. The van der Waals surface area contributed by atoms with Gasteiger partial charge in [-0.05, 0) is 50.3 Å². The Hall–Kier alpha value is -0.860. The van der Waals surface area contributed by atoms with Gasteiger partial charge in [-0.15, -0.1) is 0 Å². The zero-order valence-electron chi connectivity index (χ0n) is 12.1. The van der Waals surface area contributed by atoms with Crippen molar-refractivity contribution in [2.45, 2.75) is 63.6 Å². The second kappa shape index (κ2) is 5.26. The lowest BCUT2D eigenvalue weighted by Gasteiger charge is -2.43. The molecule has 2 fully saturated rings. The van der Waals surface area contributed by atoms with E-state index in [0.29, 0.717) is 6.54 Å². The summed E-state index contributed by atoms with van der Waals surface area (Å²) in [5, 5.41) is 0. The van der Waals surface area contributed by atoms with Crippen molar-refractivity contribution in [3.63, 3.8) is 0 Å². The Morgan fingerprint density at radius 1 is 1.21 bits per heavy atom. The predicted octanol–water partition coefficient (Wildman–Crippen LogP) is 3.40. The second-order valence-corrected chi connectivity index (χ2v) is 6.28. The highest BCUT2D eigenvalue weighted by molar-refractivity contribution is 5.35. The van der Waals surface area contributed by atoms with Gasteiger partial charge in [0.2, 0.25) is 0 Å². The van der Waals surface area contributed by atoms with Crippen LogP contribution in [0, 0.1) is 0 Å². The van der Waals surface area contributed by atoms with Crippen LogP contribution in [0.25, 0.3) is 0 Å². The van der Waals surface area contributed by atoms with Crippen LogP contribution in [0.2, 0.25) is 0 Å². The van der Waals surface area contributed by atoms with E-state index < -0.39 is 0 Å². The molecule has 19 heavy (non-hydrogen) atoms. The Bertz CT molecular complexity index is 435. The molecule has 1 aromatic carbocycles. The third kappa shape index (κ3) is 2.11. The maximum absolute atomic E-state index is 5.99. The summed E-state index contributed by atoms with van der Waals surface area (Å²) < 4.78 is 0. The van der Waals surface area contributed by atoms with Crippen LogP contribution < -0.4 is 5.73 Å². The third-order valence-electron chi connectivity index (χ3n) is 5.27. The highest BCUT2D eigenvalue weighted by Gasteiger charge is 2.45. The summed E-state index contributed by atoms with van der Waals surface area (Å²) in [6.45, 7) is 4.33. The number of nitrogens with zero attached hydrogens (tertiary/aromatic N) is 1. The number of nitrogens with two attached hydrogens (primary N) is 1. The van der Waals surface area contributed by atoms with Crippen molar-refractivity contribution in [2.24, 2.45) is 5.73 Å². The zero-order chi connectivity index (χ0) is 13.3. The summed E-state index contributed by atoms with van der Waals surface area (Å²) in [5.41, 5.74) is 9.14. The highest BCUT2D eigenvalue weighted by atomic mass is 15.2. The molecule has 0 bridgehead atoms. The molecule has 0 amide bonds. The molecule has 2 heteroatoms. The molecule has 1 aromatic rings. The van der Waals surface area contributed by atoms with Crippen molar-refractivity contribution in [2.75, 3.05) is 6.54 Å². The minimum Gasteiger partial charge on any atom is -0.326 e. The van der Waals surface area contributed by atoms with Crippen molar-refractivity contribution >= 4 is 0 Å². The van der Waals surface area contributed by atoms with Crippen LogP contribution in [0.15, 0.2) is 24.3 Å². The first-order chi connectivity index (χ1) is 9.28. The molecule has 0 aromatic heterocycles. The lowest BCUT2D eigenvalue weighted by Crippen LogP contribution is -2.46. The molecule has 0 spiro atoms. The summed E-state index contributed by atoms with van der Waals surface area (Å²) in [6, 6.07) is 9.59. The summed E-state index contributed by atoms with van der Waals surface area (Å²) in [4.78, 5) is 2.79. The fourth-order valence-corrected chi connectivity index (χ4v) is 4.39. The van der Waals surface area contributed by atoms with Gasteiger partial charge < -0.3 is 5.73 Å². The average molecular weight is 258 g/mol. The number of hydrogen-bond acceptors (Lipinski definition) is 2. The van der Waals surface area contributed by atoms with Gasteiger partial charge in [0.05, 0.1) is 0 Å². The molecule has 1 unspecified atom stereocenters. The van der Waals surface area contributed by atoms with Crippen LogP contribution in [0.3, 0.4) is 0 Å². The van der Waals surface area contributed by atoms with Gasteiger partial charge >= 0.3 is 0 Å². The first-order valence-electron chi connectivity index (χ1n) is 7.83. The Balaban J connectivity index is 2.05. The summed E-state index contributed by atoms with van der Waals surface area (Å²) in [6.07, 6.45) is 8.06. The van der Waals surface area contributed by atoms with Crippen LogP contribution in [0.4, 0.5) is 0 Å². The van der Waals surface area contributed by atoms with Gasteiger partial charge in [-0.2, -0.15) is 0 Å². The molecule has 1 heterocycles. The standard InChI is InChI=1S/C17H26N2/c1-14-7-6-12-19(14)17(10-4-5-11-17)16-9-3-2-8-15(16)13-18/h2-3,8-9,14H,4-7,10-13,18H2,1H3.